The molecule has 2 aliphatic heterocycles. The van der Waals surface area contributed by atoms with Crippen LogP contribution < -0.4 is 5.32 Å². The van der Waals surface area contributed by atoms with Crippen molar-refractivity contribution >= 4 is 35.2 Å². The molecule has 3 heterocycles. The van der Waals surface area contributed by atoms with Gasteiger partial charge >= 0.3 is 6.03 Å². The first-order valence-corrected chi connectivity index (χ1v) is 10.6. The number of rotatable bonds is 5. The van der Waals surface area contributed by atoms with E-state index in [-0.39, 0.29) is 18.4 Å². The molecule has 2 aromatic rings. The van der Waals surface area contributed by atoms with Gasteiger partial charge in [0.05, 0.1) is 12.0 Å². The predicted octanol–water partition coefficient (Wildman–Crippen LogP) is 3.33. The monoisotopic (exact) mass is 440 g/mol. The largest absolute Gasteiger partial charge is 0.467 e. The zero-order valence-corrected chi connectivity index (χ0v) is 17.6. The van der Waals surface area contributed by atoms with Gasteiger partial charge in [0.2, 0.25) is 0 Å². The lowest BCUT2D eigenvalue weighted by atomic mass is 9.96. The molecule has 0 spiro atoms. The molecule has 2 atom stereocenters. The number of imide groups is 1. The third-order valence-electron chi connectivity index (χ3n) is 6.20. The normalized spacial score (nSPS) is 25.7. The molecule has 9 heteroatoms. The summed E-state index contributed by atoms with van der Waals surface area (Å²) in [6, 6.07) is 9.74. The minimum atomic E-state index is -0.930. The number of furan rings is 1. The van der Waals surface area contributed by atoms with Crippen molar-refractivity contribution in [3.05, 3.63) is 59.0 Å². The lowest BCUT2D eigenvalue weighted by Crippen LogP contribution is -2.47. The third kappa shape index (κ3) is 3.40. The topological polar surface area (TPSA) is 95.2 Å². The van der Waals surface area contributed by atoms with E-state index in [1.807, 2.05) is 12.1 Å². The lowest BCUT2D eigenvalue weighted by molar-refractivity contribution is -0.140. The molecule has 4 amide bonds. The average molecular weight is 441 g/mol. The van der Waals surface area contributed by atoms with Gasteiger partial charge in [-0.05, 0) is 55.5 Å². The van der Waals surface area contributed by atoms with Crippen LogP contribution in [0.2, 0.25) is 5.02 Å². The van der Waals surface area contributed by atoms with Crippen molar-refractivity contribution in [2.75, 3.05) is 6.54 Å². The van der Waals surface area contributed by atoms with Crippen LogP contribution >= 0.6 is 11.6 Å². The van der Waals surface area contributed by atoms with E-state index in [1.165, 1.54) is 11.3 Å². The second-order valence-corrected chi connectivity index (χ2v) is 8.76. The fraction of sp³-hybridized carbons (Fsp3) is 0.364. The molecular formula is C22H21ClN4O4. The van der Waals surface area contributed by atoms with Crippen molar-refractivity contribution in [3.63, 3.8) is 0 Å². The van der Waals surface area contributed by atoms with E-state index in [0.29, 0.717) is 22.9 Å². The summed E-state index contributed by atoms with van der Waals surface area (Å²) >= 11 is 5.98. The van der Waals surface area contributed by atoms with Crippen LogP contribution in [0, 0.1) is 5.92 Å². The number of carbonyl (C=O) groups excluding carboxylic acids is 3. The number of urea groups is 1. The van der Waals surface area contributed by atoms with Crippen LogP contribution in [-0.4, -0.2) is 45.5 Å². The van der Waals surface area contributed by atoms with Crippen LogP contribution in [0.5, 0.6) is 0 Å². The Morgan fingerprint density at radius 3 is 2.65 bits per heavy atom. The molecule has 1 N–H and O–H groups in total. The first kappa shape index (κ1) is 19.8. The van der Waals surface area contributed by atoms with Crippen molar-refractivity contribution < 1.29 is 18.8 Å². The molecule has 1 aromatic heterocycles. The molecule has 31 heavy (non-hydrogen) atoms. The van der Waals surface area contributed by atoms with Gasteiger partial charge in [0.25, 0.3) is 11.8 Å². The third-order valence-corrected chi connectivity index (χ3v) is 6.46. The number of hydrazone groups is 1. The number of halogens is 1. The summed E-state index contributed by atoms with van der Waals surface area (Å²) in [5.74, 6) is -0.0970. The van der Waals surface area contributed by atoms with Crippen LogP contribution in [-0.2, 0) is 9.59 Å². The number of nitrogens with zero attached hydrogens (tertiary/aromatic N) is 3. The summed E-state index contributed by atoms with van der Waals surface area (Å²) in [4.78, 5) is 39.6. The molecule has 160 valence electrons. The second-order valence-electron chi connectivity index (χ2n) is 8.33. The first-order valence-electron chi connectivity index (χ1n) is 10.2. The van der Waals surface area contributed by atoms with Crippen LogP contribution in [0.25, 0.3) is 0 Å². The highest BCUT2D eigenvalue weighted by Gasteiger charge is 2.56. The van der Waals surface area contributed by atoms with Gasteiger partial charge in [-0.25, -0.2) is 9.80 Å². The molecule has 2 fully saturated rings. The van der Waals surface area contributed by atoms with E-state index in [0.717, 1.165) is 23.3 Å². The second kappa shape index (κ2) is 7.23. The summed E-state index contributed by atoms with van der Waals surface area (Å²) in [6.07, 6.45) is 3.77. The van der Waals surface area contributed by atoms with Crippen LogP contribution in [0.4, 0.5) is 4.79 Å². The van der Waals surface area contributed by atoms with E-state index in [4.69, 9.17) is 16.0 Å². The number of carbonyl (C=O) groups is 3. The Hall–Kier alpha value is -3.13. The lowest BCUT2D eigenvalue weighted by Gasteiger charge is -2.23. The maximum absolute atomic E-state index is 13.2. The highest BCUT2D eigenvalue weighted by molar-refractivity contribution is 6.30. The minimum absolute atomic E-state index is 0.126. The van der Waals surface area contributed by atoms with Crippen LogP contribution in [0.15, 0.2) is 52.2 Å². The van der Waals surface area contributed by atoms with Gasteiger partial charge in [0.1, 0.15) is 23.9 Å². The summed E-state index contributed by atoms with van der Waals surface area (Å²) in [5.41, 5.74) is 0.611. The molecule has 0 unspecified atom stereocenters. The maximum atomic E-state index is 13.2. The van der Waals surface area contributed by atoms with Crippen molar-refractivity contribution in [1.82, 2.24) is 15.2 Å². The number of hydrogen-bond acceptors (Lipinski definition) is 5. The molecule has 1 aliphatic carbocycles. The standard InChI is InChI=1S/C22H21ClN4O4/c1-22(14-6-7-14)20(29)26(21(30)24-22)12-19(28)27-17(18-3-2-10-31-18)11-16(25-27)13-4-8-15(23)9-5-13/h2-5,8-10,14,17H,6-7,11-12H2,1H3,(H,24,30)/t17-,22+/m1/s1. The Morgan fingerprint density at radius 1 is 1.26 bits per heavy atom. The van der Waals surface area contributed by atoms with Crippen LogP contribution in [0.3, 0.4) is 0 Å². The van der Waals surface area contributed by atoms with Gasteiger partial charge in [0, 0.05) is 11.4 Å². The molecule has 1 saturated carbocycles. The summed E-state index contributed by atoms with van der Waals surface area (Å²) in [6.45, 7) is 1.36. The molecule has 0 bridgehead atoms. The van der Waals surface area contributed by atoms with E-state index < -0.39 is 23.5 Å². The highest BCUT2D eigenvalue weighted by atomic mass is 35.5. The Morgan fingerprint density at radius 2 is 2.00 bits per heavy atom. The SMILES string of the molecule is C[C@@]1(C2CC2)NC(=O)N(CC(=O)N2N=C(c3ccc(Cl)cc3)C[C@@H]2c2ccco2)C1=O. The van der Waals surface area contributed by atoms with Crippen molar-refractivity contribution in [3.8, 4) is 0 Å². The number of benzene rings is 1. The molecule has 8 nitrogen and oxygen atoms in total. The number of amides is 4. The molecule has 1 aromatic carbocycles. The molecular weight excluding hydrogens is 420 g/mol. The van der Waals surface area contributed by atoms with Crippen molar-refractivity contribution in [1.29, 1.82) is 0 Å². The van der Waals surface area contributed by atoms with E-state index in [9.17, 15) is 14.4 Å². The predicted molar refractivity (Wildman–Crippen MR) is 112 cm³/mol. The maximum Gasteiger partial charge on any atom is 0.325 e. The smallest absolute Gasteiger partial charge is 0.325 e. The summed E-state index contributed by atoms with van der Waals surface area (Å²) < 4.78 is 5.54. The fourth-order valence-corrected chi connectivity index (χ4v) is 4.39. The Balaban J connectivity index is 1.40. The molecule has 0 radical (unpaired) electrons. The minimum Gasteiger partial charge on any atom is -0.467 e. The molecule has 1 saturated heterocycles. The van der Waals surface area contributed by atoms with Gasteiger partial charge in [-0.1, -0.05) is 23.7 Å². The van der Waals surface area contributed by atoms with Crippen molar-refractivity contribution in [2.24, 2.45) is 11.0 Å². The zero-order valence-electron chi connectivity index (χ0n) is 16.9. The van der Waals surface area contributed by atoms with E-state index in [1.54, 1.807) is 31.2 Å². The van der Waals surface area contributed by atoms with E-state index >= 15 is 0 Å². The van der Waals surface area contributed by atoms with Gasteiger partial charge in [0.15, 0.2) is 0 Å². The zero-order chi connectivity index (χ0) is 21.8. The van der Waals surface area contributed by atoms with Gasteiger partial charge in [-0.15, -0.1) is 0 Å². The van der Waals surface area contributed by atoms with Gasteiger partial charge < -0.3 is 9.73 Å². The highest BCUT2D eigenvalue weighted by Crippen LogP contribution is 2.42. The Kier molecular flexibility index (Phi) is 4.62. The summed E-state index contributed by atoms with van der Waals surface area (Å²) in [5, 5.41) is 9.22. The van der Waals surface area contributed by atoms with Gasteiger partial charge in [-0.2, -0.15) is 5.10 Å². The average Bonchev–Trinajstić information content (AvgIpc) is 3.22. The molecule has 5 rings (SSSR count). The fourth-order valence-electron chi connectivity index (χ4n) is 4.26. The van der Waals surface area contributed by atoms with E-state index in [2.05, 4.69) is 10.4 Å². The number of hydrogen-bond donors (Lipinski definition) is 1. The van der Waals surface area contributed by atoms with Crippen molar-refractivity contribution in [2.45, 2.75) is 37.8 Å². The van der Waals surface area contributed by atoms with Crippen LogP contribution in [0.1, 0.15) is 43.6 Å². The summed E-state index contributed by atoms with van der Waals surface area (Å²) in [7, 11) is 0. The Labute approximate surface area is 183 Å². The quantitative estimate of drug-likeness (QED) is 0.721. The molecule has 3 aliphatic rings. The Bertz CT molecular complexity index is 1080. The number of nitrogens with one attached hydrogen (secondary N) is 1. The first-order chi connectivity index (χ1) is 14.9. The van der Waals surface area contributed by atoms with Gasteiger partial charge in [-0.3, -0.25) is 14.5 Å².